The Morgan fingerprint density at radius 1 is 1.88 bits per heavy atom. The molecule has 0 bridgehead atoms. The molecular weight excluding hydrogens is 102 g/mol. The van der Waals surface area contributed by atoms with Gasteiger partial charge in [-0.1, -0.05) is 0 Å². The van der Waals surface area contributed by atoms with Crippen molar-refractivity contribution < 1.29 is 5.11 Å². The maximum atomic E-state index is 8.67. The Balaban J connectivity index is 2.30. The summed E-state index contributed by atoms with van der Waals surface area (Å²) in [5, 5.41) is 8.67. The third-order valence-electron chi connectivity index (χ3n) is 1.69. The van der Waals surface area contributed by atoms with Gasteiger partial charge in [-0.25, -0.2) is 0 Å². The summed E-state index contributed by atoms with van der Waals surface area (Å²) < 4.78 is 0. The van der Waals surface area contributed by atoms with E-state index in [9.17, 15) is 0 Å². The molecule has 1 atom stereocenters. The molecule has 0 spiro atoms. The molecule has 1 saturated heterocycles. The zero-order chi connectivity index (χ0) is 5.98. The predicted molar refractivity (Wildman–Crippen MR) is 32.4 cm³/mol. The van der Waals surface area contributed by atoms with Gasteiger partial charge in [0.05, 0.1) is 6.61 Å². The van der Waals surface area contributed by atoms with Gasteiger partial charge in [0.15, 0.2) is 0 Å². The van der Waals surface area contributed by atoms with Crippen LogP contribution >= 0.6 is 0 Å². The molecule has 1 fully saturated rings. The second-order valence-corrected chi connectivity index (χ2v) is 2.30. The summed E-state index contributed by atoms with van der Waals surface area (Å²) >= 11 is 0. The van der Waals surface area contributed by atoms with Crippen LogP contribution in [0.5, 0.6) is 0 Å². The van der Waals surface area contributed by atoms with Gasteiger partial charge in [-0.2, -0.15) is 0 Å². The van der Waals surface area contributed by atoms with Crippen molar-refractivity contribution in [3.63, 3.8) is 0 Å². The van der Waals surface area contributed by atoms with Crippen LogP contribution in [0, 0.1) is 6.42 Å². The molecule has 2 nitrogen and oxygen atoms in total. The van der Waals surface area contributed by atoms with Crippen molar-refractivity contribution in [1.29, 1.82) is 0 Å². The fraction of sp³-hybridized carbons (Fsp3) is 0.833. The van der Waals surface area contributed by atoms with Gasteiger partial charge < -0.3 is 10.0 Å². The van der Waals surface area contributed by atoms with E-state index in [-0.39, 0.29) is 0 Å². The predicted octanol–water partition coefficient (Wildman–Crippen LogP) is -0.113. The Labute approximate surface area is 50.1 Å². The Morgan fingerprint density at radius 2 is 2.62 bits per heavy atom. The van der Waals surface area contributed by atoms with Gasteiger partial charge in [-0.05, 0) is 19.9 Å². The Hall–Kier alpha value is -0.0800. The Kier molecular flexibility index (Phi) is 1.86. The number of likely N-dealkylation sites (tertiary alicyclic amines) is 1. The van der Waals surface area contributed by atoms with E-state index in [4.69, 9.17) is 5.11 Å². The van der Waals surface area contributed by atoms with E-state index in [1.54, 1.807) is 0 Å². The quantitative estimate of drug-likeness (QED) is 0.514. The molecule has 0 aromatic carbocycles. The lowest BCUT2D eigenvalue weighted by Crippen LogP contribution is -2.27. The monoisotopic (exact) mass is 114 g/mol. The minimum Gasteiger partial charge on any atom is -0.395 e. The van der Waals surface area contributed by atoms with Crippen molar-refractivity contribution in [1.82, 2.24) is 4.90 Å². The summed E-state index contributed by atoms with van der Waals surface area (Å²) in [5.74, 6) is 0. The molecule has 47 valence electrons. The summed E-state index contributed by atoms with van der Waals surface area (Å²) in [7, 11) is 2.03. The van der Waals surface area contributed by atoms with Crippen LogP contribution in [0.3, 0.4) is 0 Å². The van der Waals surface area contributed by atoms with Crippen LogP contribution in [0.2, 0.25) is 0 Å². The Bertz CT molecular complexity index is 74.9. The maximum absolute atomic E-state index is 8.67. The zero-order valence-corrected chi connectivity index (χ0v) is 5.17. The van der Waals surface area contributed by atoms with E-state index in [2.05, 4.69) is 11.3 Å². The van der Waals surface area contributed by atoms with Crippen molar-refractivity contribution in [2.24, 2.45) is 0 Å². The van der Waals surface area contributed by atoms with E-state index in [0.29, 0.717) is 12.6 Å². The molecular formula is C6H12NO. The molecule has 1 aliphatic heterocycles. The molecule has 0 saturated carbocycles. The van der Waals surface area contributed by atoms with Gasteiger partial charge in [-0.3, -0.25) is 0 Å². The molecule has 1 unspecified atom stereocenters. The molecule has 1 heterocycles. The Morgan fingerprint density at radius 3 is 2.88 bits per heavy atom. The average molecular weight is 114 g/mol. The van der Waals surface area contributed by atoms with Crippen molar-refractivity contribution in [2.75, 3.05) is 20.2 Å². The van der Waals surface area contributed by atoms with E-state index in [1.165, 1.54) is 0 Å². The van der Waals surface area contributed by atoms with E-state index >= 15 is 0 Å². The van der Waals surface area contributed by atoms with Crippen LogP contribution in [-0.2, 0) is 0 Å². The topological polar surface area (TPSA) is 23.5 Å². The van der Waals surface area contributed by atoms with Crippen LogP contribution < -0.4 is 0 Å². The first-order valence-corrected chi connectivity index (χ1v) is 2.97. The maximum Gasteiger partial charge on any atom is 0.0586 e. The highest BCUT2D eigenvalue weighted by Crippen LogP contribution is 2.11. The summed E-state index contributed by atoms with van der Waals surface area (Å²) in [4.78, 5) is 2.15. The molecule has 1 aliphatic rings. The minimum atomic E-state index is 0.299. The molecule has 1 N–H and O–H groups in total. The second-order valence-electron chi connectivity index (χ2n) is 2.30. The lowest BCUT2D eigenvalue weighted by atomic mass is 10.2. The number of rotatable bonds is 1. The van der Waals surface area contributed by atoms with Gasteiger partial charge in [0.2, 0.25) is 0 Å². The SMILES string of the molecule is CN1C[CH]CC1CO. The average Bonchev–Trinajstić information content (AvgIpc) is 2.14. The molecule has 0 amide bonds. The minimum absolute atomic E-state index is 0.299. The number of likely N-dealkylation sites (N-methyl/N-ethyl adjacent to an activating group) is 1. The molecule has 1 rings (SSSR count). The lowest BCUT2D eigenvalue weighted by Gasteiger charge is -2.15. The third kappa shape index (κ3) is 1.01. The number of nitrogens with zero attached hydrogens (tertiary/aromatic N) is 1. The van der Waals surface area contributed by atoms with Crippen LogP contribution in [0.1, 0.15) is 6.42 Å². The van der Waals surface area contributed by atoms with Gasteiger partial charge in [0.1, 0.15) is 0 Å². The van der Waals surface area contributed by atoms with Gasteiger partial charge in [0.25, 0.3) is 0 Å². The summed E-state index contributed by atoms with van der Waals surface area (Å²) in [6.07, 6.45) is 3.24. The number of hydrogen-bond acceptors (Lipinski definition) is 2. The van der Waals surface area contributed by atoms with Crippen molar-refractivity contribution in [3.05, 3.63) is 6.42 Å². The first-order chi connectivity index (χ1) is 3.84. The highest BCUT2D eigenvalue weighted by molar-refractivity contribution is 4.87. The van der Waals surface area contributed by atoms with Crippen molar-refractivity contribution in [3.8, 4) is 0 Å². The van der Waals surface area contributed by atoms with E-state index in [0.717, 1.165) is 13.0 Å². The smallest absolute Gasteiger partial charge is 0.0586 e. The molecule has 0 aromatic rings. The highest BCUT2D eigenvalue weighted by Gasteiger charge is 2.18. The van der Waals surface area contributed by atoms with Crippen LogP contribution in [0.15, 0.2) is 0 Å². The van der Waals surface area contributed by atoms with Gasteiger partial charge >= 0.3 is 0 Å². The van der Waals surface area contributed by atoms with Crippen molar-refractivity contribution >= 4 is 0 Å². The molecule has 1 radical (unpaired) electrons. The van der Waals surface area contributed by atoms with Crippen LogP contribution in [0.25, 0.3) is 0 Å². The summed E-state index contributed by atoms with van der Waals surface area (Å²) in [6, 6.07) is 0.398. The molecule has 0 aromatic heterocycles. The highest BCUT2D eigenvalue weighted by atomic mass is 16.3. The standard InChI is InChI=1S/C6H12NO/c1-7-4-2-3-6(7)5-8/h2,6,8H,3-5H2,1H3. The van der Waals surface area contributed by atoms with Crippen LogP contribution in [0.4, 0.5) is 0 Å². The first kappa shape index (κ1) is 6.05. The fourth-order valence-electron chi connectivity index (χ4n) is 1.01. The van der Waals surface area contributed by atoms with Crippen LogP contribution in [-0.4, -0.2) is 36.2 Å². The van der Waals surface area contributed by atoms with Gasteiger partial charge in [0, 0.05) is 12.6 Å². The third-order valence-corrected chi connectivity index (χ3v) is 1.69. The normalized spacial score (nSPS) is 31.5. The largest absolute Gasteiger partial charge is 0.395 e. The van der Waals surface area contributed by atoms with Crippen molar-refractivity contribution in [2.45, 2.75) is 12.5 Å². The number of hydrogen-bond donors (Lipinski definition) is 1. The summed E-state index contributed by atoms with van der Waals surface area (Å²) in [5.41, 5.74) is 0. The second kappa shape index (κ2) is 2.46. The van der Waals surface area contributed by atoms with E-state index < -0.39 is 0 Å². The molecule has 8 heavy (non-hydrogen) atoms. The zero-order valence-electron chi connectivity index (χ0n) is 5.17. The number of aliphatic hydroxyl groups excluding tert-OH is 1. The van der Waals surface area contributed by atoms with Gasteiger partial charge in [-0.15, -0.1) is 0 Å². The molecule has 2 heteroatoms. The lowest BCUT2D eigenvalue weighted by molar-refractivity contribution is 0.182. The fourth-order valence-corrected chi connectivity index (χ4v) is 1.01. The van der Waals surface area contributed by atoms with E-state index in [1.807, 2.05) is 7.05 Å². The molecule has 0 aliphatic carbocycles. The number of aliphatic hydroxyl groups is 1. The first-order valence-electron chi connectivity index (χ1n) is 2.97. The summed E-state index contributed by atoms with van der Waals surface area (Å²) in [6.45, 7) is 1.33.